The van der Waals surface area contributed by atoms with Crippen molar-refractivity contribution >= 4 is 61.6 Å². The third-order valence-electron chi connectivity index (χ3n) is 7.98. The molecule has 3 atom stereocenters. The van der Waals surface area contributed by atoms with Gasteiger partial charge in [0.2, 0.25) is 5.91 Å². The molecule has 1 fully saturated rings. The highest BCUT2D eigenvalue weighted by atomic mass is 35.5. The molecule has 0 bridgehead atoms. The standard InChI is InChI=1S/C32H27ClF4N4O6S/c1-2-48(45,46)25-6-4-3-5-21(25)27-22(30(43)47-31(44)32(35,36)37)12-14-41(27)29(42)26(23-16-18(33)7-10-24(23)34)40-19-8-9-20-17(15-19)11-13-39-28(20)38/h3-11,13,15-16,22,26-27,40H,2,12,14H2,1H3,(H2,38,39)/t22?,26-,27?/m1/s1. The number of carbonyl (C=O) groups is 3. The minimum Gasteiger partial charge on any atom is -0.386 e. The number of hydrogen-bond donors (Lipinski definition) is 2. The molecule has 0 spiro atoms. The minimum atomic E-state index is -5.50. The zero-order valence-corrected chi connectivity index (χ0v) is 26.6. The van der Waals surface area contributed by atoms with Crippen molar-refractivity contribution < 1.29 is 45.1 Å². The second-order valence-corrected chi connectivity index (χ2v) is 13.6. The Balaban J connectivity index is 1.63. The summed E-state index contributed by atoms with van der Waals surface area (Å²) in [5.74, 6) is -7.83. The van der Waals surface area contributed by atoms with E-state index in [-0.39, 0.29) is 45.6 Å². The summed E-state index contributed by atoms with van der Waals surface area (Å²) in [4.78, 5) is 44.1. The fourth-order valence-electron chi connectivity index (χ4n) is 5.69. The van der Waals surface area contributed by atoms with Crippen molar-refractivity contribution in [2.45, 2.75) is 36.5 Å². The van der Waals surface area contributed by atoms with Crippen molar-refractivity contribution in [2.75, 3.05) is 23.3 Å². The van der Waals surface area contributed by atoms with Crippen LogP contribution in [-0.4, -0.2) is 54.6 Å². The van der Waals surface area contributed by atoms with Crippen LogP contribution in [0.2, 0.25) is 5.02 Å². The number of halogens is 5. The summed E-state index contributed by atoms with van der Waals surface area (Å²) in [5, 5.41) is 4.29. The van der Waals surface area contributed by atoms with Crippen LogP contribution in [0.3, 0.4) is 0 Å². The number of nitrogen functional groups attached to an aromatic ring is 1. The Kier molecular flexibility index (Phi) is 9.65. The smallest absolute Gasteiger partial charge is 0.386 e. The Labute approximate surface area is 276 Å². The van der Waals surface area contributed by atoms with E-state index in [2.05, 4.69) is 15.0 Å². The van der Waals surface area contributed by atoms with Crippen LogP contribution < -0.4 is 11.1 Å². The number of sulfone groups is 1. The number of nitrogens with one attached hydrogen (secondary N) is 1. The third kappa shape index (κ3) is 6.92. The summed E-state index contributed by atoms with van der Waals surface area (Å²) in [6.07, 6.45) is -4.34. The normalized spacial score (nSPS) is 17.2. The highest BCUT2D eigenvalue weighted by molar-refractivity contribution is 7.91. The number of ether oxygens (including phenoxy) is 1. The summed E-state index contributed by atoms with van der Waals surface area (Å²) in [7, 11) is -4.01. The molecule has 0 radical (unpaired) electrons. The van der Waals surface area contributed by atoms with Gasteiger partial charge in [-0.2, -0.15) is 13.2 Å². The lowest BCUT2D eigenvalue weighted by Gasteiger charge is -2.33. The topological polar surface area (TPSA) is 149 Å². The van der Waals surface area contributed by atoms with Crippen molar-refractivity contribution in [3.05, 3.63) is 94.9 Å². The quantitative estimate of drug-likeness (QED) is 0.132. The van der Waals surface area contributed by atoms with Crippen LogP contribution in [0, 0.1) is 11.7 Å². The fraction of sp³-hybridized carbons (Fsp3) is 0.250. The van der Waals surface area contributed by atoms with E-state index in [1.165, 1.54) is 49.5 Å². The Morgan fingerprint density at radius 1 is 1.10 bits per heavy atom. The fourth-order valence-corrected chi connectivity index (χ4v) is 7.02. The molecule has 0 saturated carbocycles. The molecule has 5 rings (SSSR count). The number of nitrogens with zero attached hydrogens (tertiary/aromatic N) is 2. The van der Waals surface area contributed by atoms with Crippen LogP contribution in [0.25, 0.3) is 10.8 Å². The number of carbonyl (C=O) groups excluding carboxylic acids is 3. The number of pyridine rings is 1. The number of aromatic nitrogens is 1. The second kappa shape index (κ2) is 13.4. The summed E-state index contributed by atoms with van der Waals surface area (Å²) in [6, 6.07) is 12.3. The summed E-state index contributed by atoms with van der Waals surface area (Å²) >= 11 is 6.19. The predicted octanol–water partition coefficient (Wildman–Crippen LogP) is 5.78. The highest BCUT2D eigenvalue weighted by Gasteiger charge is 2.49. The van der Waals surface area contributed by atoms with Crippen molar-refractivity contribution in [2.24, 2.45) is 5.92 Å². The molecule has 3 aromatic carbocycles. The largest absolute Gasteiger partial charge is 0.491 e. The molecule has 252 valence electrons. The predicted molar refractivity (Wildman–Crippen MR) is 168 cm³/mol. The molecule has 4 aromatic rings. The summed E-state index contributed by atoms with van der Waals surface area (Å²) in [6.45, 7) is 1.07. The summed E-state index contributed by atoms with van der Waals surface area (Å²) < 4.78 is 85.0. The molecule has 1 saturated heterocycles. The van der Waals surface area contributed by atoms with Crippen LogP contribution in [0.4, 0.5) is 29.1 Å². The van der Waals surface area contributed by atoms with E-state index in [4.69, 9.17) is 17.3 Å². The number of nitrogens with two attached hydrogens (primary N) is 1. The van der Waals surface area contributed by atoms with Crippen molar-refractivity contribution in [3.8, 4) is 0 Å². The number of anilines is 2. The van der Waals surface area contributed by atoms with Gasteiger partial charge in [0.25, 0.3) is 0 Å². The Morgan fingerprint density at radius 3 is 2.54 bits per heavy atom. The molecule has 48 heavy (non-hydrogen) atoms. The van der Waals surface area contributed by atoms with Gasteiger partial charge in [-0.1, -0.05) is 36.7 Å². The number of fused-ring (bicyclic) bond motifs is 1. The van der Waals surface area contributed by atoms with E-state index in [0.29, 0.717) is 16.5 Å². The lowest BCUT2D eigenvalue weighted by molar-refractivity contribution is -0.203. The highest BCUT2D eigenvalue weighted by Crippen LogP contribution is 2.43. The average Bonchev–Trinajstić information content (AvgIpc) is 3.49. The van der Waals surface area contributed by atoms with Crippen molar-refractivity contribution in [3.63, 3.8) is 0 Å². The first kappa shape index (κ1) is 34.6. The number of rotatable bonds is 8. The molecule has 1 amide bonds. The third-order valence-corrected chi connectivity index (χ3v) is 10.0. The molecule has 1 aromatic heterocycles. The van der Waals surface area contributed by atoms with Gasteiger partial charge in [0.05, 0.1) is 22.6 Å². The van der Waals surface area contributed by atoms with Crippen LogP contribution in [0.15, 0.2) is 77.8 Å². The van der Waals surface area contributed by atoms with Gasteiger partial charge in [-0.05, 0) is 65.9 Å². The Hall–Kier alpha value is -4.76. The van der Waals surface area contributed by atoms with E-state index in [9.17, 15) is 36.0 Å². The molecule has 16 heteroatoms. The molecule has 2 heterocycles. The molecule has 0 aliphatic carbocycles. The first-order valence-electron chi connectivity index (χ1n) is 14.4. The van der Waals surface area contributed by atoms with Crippen molar-refractivity contribution in [1.82, 2.24) is 9.88 Å². The average molecular weight is 707 g/mol. The van der Waals surface area contributed by atoms with Gasteiger partial charge in [-0.3, -0.25) is 9.59 Å². The zero-order valence-electron chi connectivity index (χ0n) is 25.0. The van der Waals surface area contributed by atoms with Gasteiger partial charge in [0.15, 0.2) is 9.84 Å². The van der Waals surface area contributed by atoms with E-state index in [0.717, 1.165) is 11.0 Å². The van der Waals surface area contributed by atoms with Gasteiger partial charge >= 0.3 is 18.1 Å². The maximum Gasteiger partial charge on any atom is 0.491 e. The first-order valence-corrected chi connectivity index (χ1v) is 16.5. The number of benzene rings is 3. The lowest BCUT2D eigenvalue weighted by atomic mass is 9.93. The molecular weight excluding hydrogens is 680 g/mol. The van der Waals surface area contributed by atoms with E-state index >= 15 is 4.39 Å². The zero-order chi connectivity index (χ0) is 35.0. The number of hydrogen-bond acceptors (Lipinski definition) is 9. The Morgan fingerprint density at radius 2 is 1.83 bits per heavy atom. The second-order valence-electron chi connectivity index (χ2n) is 10.9. The van der Waals surface area contributed by atoms with E-state index in [1.807, 2.05) is 0 Å². The van der Waals surface area contributed by atoms with Gasteiger partial charge in [-0.25, -0.2) is 22.6 Å². The number of esters is 2. The number of alkyl halides is 3. The van der Waals surface area contributed by atoms with Crippen LogP contribution >= 0.6 is 11.6 Å². The molecule has 10 nitrogen and oxygen atoms in total. The Bertz CT molecular complexity index is 2030. The van der Waals surface area contributed by atoms with Gasteiger partial charge < -0.3 is 20.7 Å². The van der Waals surface area contributed by atoms with E-state index in [1.54, 1.807) is 24.3 Å². The van der Waals surface area contributed by atoms with Gasteiger partial charge in [0, 0.05) is 34.4 Å². The van der Waals surface area contributed by atoms with Crippen LogP contribution in [-0.2, 0) is 29.0 Å². The molecule has 2 unspecified atom stereocenters. The molecule has 1 aliphatic heterocycles. The van der Waals surface area contributed by atoms with E-state index < -0.39 is 57.7 Å². The van der Waals surface area contributed by atoms with Crippen molar-refractivity contribution in [1.29, 1.82) is 0 Å². The van der Waals surface area contributed by atoms with Gasteiger partial charge in [0.1, 0.15) is 17.7 Å². The lowest BCUT2D eigenvalue weighted by Crippen LogP contribution is -2.41. The van der Waals surface area contributed by atoms with Gasteiger partial charge in [-0.15, -0.1) is 0 Å². The monoisotopic (exact) mass is 706 g/mol. The van der Waals surface area contributed by atoms with Crippen LogP contribution in [0.5, 0.6) is 0 Å². The molecule has 3 N–H and O–H groups in total. The summed E-state index contributed by atoms with van der Waals surface area (Å²) in [5.41, 5.74) is 5.98. The maximum absolute atomic E-state index is 15.4. The maximum atomic E-state index is 15.4. The molecule has 1 aliphatic rings. The first-order chi connectivity index (χ1) is 22.6. The molecular formula is C32H27ClF4N4O6S. The number of likely N-dealkylation sites (tertiary alicyclic amines) is 1. The minimum absolute atomic E-state index is 0.0767. The number of amides is 1. The van der Waals surface area contributed by atoms with Crippen LogP contribution in [0.1, 0.15) is 36.6 Å². The SMILES string of the molecule is CCS(=O)(=O)c1ccccc1C1C(C(=O)OC(=O)C(F)(F)F)CCN1C(=O)[C@H](Nc1ccc2c(N)nccc2c1)c1cc(Cl)ccc1F.